The Hall–Kier alpha value is -2.66. The standard InChI is InChI=1S/C16H12N2O2S/c19-16(20)15-7-6-14(21-15)13-9-11-18(17-13)10-8-12-4-2-1-3-5-12/h1-11H,(H,19,20). The number of rotatable bonds is 4. The average molecular weight is 296 g/mol. The molecule has 104 valence electrons. The van der Waals surface area contributed by atoms with Gasteiger partial charge in [0.1, 0.15) is 10.6 Å². The average Bonchev–Trinajstić information content (AvgIpc) is 3.15. The fraction of sp³-hybridized carbons (Fsp3) is 0. The van der Waals surface area contributed by atoms with E-state index in [4.69, 9.17) is 5.11 Å². The minimum atomic E-state index is -0.908. The topological polar surface area (TPSA) is 55.1 Å². The summed E-state index contributed by atoms with van der Waals surface area (Å²) < 4.78 is 1.71. The van der Waals surface area contributed by atoms with Gasteiger partial charge in [-0.3, -0.25) is 0 Å². The van der Waals surface area contributed by atoms with Crippen molar-refractivity contribution in [3.8, 4) is 10.6 Å². The Labute approximate surface area is 125 Å². The van der Waals surface area contributed by atoms with E-state index in [2.05, 4.69) is 5.10 Å². The molecule has 0 unspecified atom stereocenters. The van der Waals surface area contributed by atoms with E-state index in [1.54, 1.807) is 16.8 Å². The zero-order valence-corrected chi connectivity index (χ0v) is 11.8. The molecule has 0 fully saturated rings. The summed E-state index contributed by atoms with van der Waals surface area (Å²) in [6.07, 6.45) is 5.67. The van der Waals surface area contributed by atoms with Crippen molar-refractivity contribution in [3.63, 3.8) is 0 Å². The van der Waals surface area contributed by atoms with Crippen molar-refractivity contribution in [3.05, 3.63) is 65.2 Å². The van der Waals surface area contributed by atoms with E-state index < -0.39 is 5.97 Å². The van der Waals surface area contributed by atoms with E-state index in [-0.39, 0.29) is 0 Å². The number of carboxylic acids is 1. The summed E-state index contributed by atoms with van der Waals surface area (Å²) in [5, 5.41) is 13.3. The van der Waals surface area contributed by atoms with Crippen molar-refractivity contribution >= 4 is 29.6 Å². The first-order chi connectivity index (χ1) is 10.2. The third-order valence-corrected chi connectivity index (χ3v) is 3.99. The van der Waals surface area contributed by atoms with Crippen LogP contribution in [0.25, 0.3) is 22.8 Å². The Morgan fingerprint density at radius 1 is 1.14 bits per heavy atom. The van der Waals surface area contributed by atoms with Crippen LogP contribution in [0, 0.1) is 0 Å². The highest BCUT2D eigenvalue weighted by atomic mass is 32.1. The SMILES string of the molecule is O=C(O)c1ccc(-c2ccn(C=Cc3ccccc3)n2)s1. The van der Waals surface area contributed by atoms with Crippen LogP contribution in [0.15, 0.2) is 54.7 Å². The van der Waals surface area contributed by atoms with Crippen LogP contribution >= 0.6 is 11.3 Å². The molecule has 5 heteroatoms. The van der Waals surface area contributed by atoms with Gasteiger partial charge in [-0.1, -0.05) is 30.3 Å². The number of hydrogen-bond acceptors (Lipinski definition) is 3. The summed E-state index contributed by atoms with van der Waals surface area (Å²) in [6, 6.07) is 15.2. The summed E-state index contributed by atoms with van der Waals surface area (Å²) >= 11 is 1.22. The van der Waals surface area contributed by atoms with Crippen LogP contribution in [0.4, 0.5) is 0 Å². The van der Waals surface area contributed by atoms with Crippen molar-refractivity contribution in [2.75, 3.05) is 0 Å². The molecular weight excluding hydrogens is 284 g/mol. The molecule has 21 heavy (non-hydrogen) atoms. The fourth-order valence-electron chi connectivity index (χ4n) is 1.87. The van der Waals surface area contributed by atoms with E-state index >= 15 is 0 Å². The minimum absolute atomic E-state index is 0.319. The predicted octanol–water partition coefficient (Wildman–Crippen LogP) is 3.94. The Morgan fingerprint density at radius 2 is 1.95 bits per heavy atom. The van der Waals surface area contributed by atoms with Crippen LogP contribution in [0.5, 0.6) is 0 Å². The molecule has 0 spiro atoms. The van der Waals surface area contributed by atoms with Gasteiger partial charge < -0.3 is 5.11 Å². The number of thiophene rings is 1. The van der Waals surface area contributed by atoms with Crippen molar-refractivity contribution in [2.45, 2.75) is 0 Å². The van der Waals surface area contributed by atoms with E-state index in [1.165, 1.54) is 11.3 Å². The summed E-state index contributed by atoms with van der Waals surface area (Å²) in [6.45, 7) is 0. The molecule has 0 amide bonds. The Kier molecular flexibility index (Phi) is 3.66. The van der Waals surface area contributed by atoms with Gasteiger partial charge in [-0.05, 0) is 29.8 Å². The third-order valence-electron chi connectivity index (χ3n) is 2.90. The number of aromatic nitrogens is 2. The molecule has 3 rings (SSSR count). The number of carboxylic acid groups (broad SMARTS) is 1. The maximum Gasteiger partial charge on any atom is 0.345 e. The first-order valence-electron chi connectivity index (χ1n) is 6.34. The van der Waals surface area contributed by atoms with Crippen LogP contribution in [0.1, 0.15) is 15.2 Å². The second-order valence-corrected chi connectivity index (χ2v) is 5.46. The van der Waals surface area contributed by atoms with Gasteiger partial charge in [0.2, 0.25) is 0 Å². The first kappa shape index (κ1) is 13.3. The van der Waals surface area contributed by atoms with Gasteiger partial charge in [0, 0.05) is 12.4 Å². The molecule has 0 aliphatic heterocycles. The largest absolute Gasteiger partial charge is 0.477 e. The number of hydrogen-bond donors (Lipinski definition) is 1. The van der Waals surface area contributed by atoms with Crippen LogP contribution in [-0.4, -0.2) is 20.9 Å². The molecule has 0 aliphatic rings. The quantitative estimate of drug-likeness (QED) is 0.793. The molecule has 1 N–H and O–H groups in total. The molecule has 2 aromatic heterocycles. The normalized spacial score (nSPS) is 11.0. The lowest BCUT2D eigenvalue weighted by Gasteiger charge is -1.93. The van der Waals surface area contributed by atoms with Gasteiger partial charge in [0.15, 0.2) is 0 Å². The van der Waals surface area contributed by atoms with Crippen LogP contribution in [0.3, 0.4) is 0 Å². The van der Waals surface area contributed by atoms with Gasteiger partial charge in [-0.25, -0.2) is 9.48 Å². The molecule has 2 heterocycles. The summed E-state index contributed by atoms with van der Waals surface area (Å²) in [4.78, 5) is 12.0. The molecule has 0 aliphatic carbocycles. The smallest absolute Gasteiger partial charge is 0.345 e. The van der Waals surface area contributed by atoms with Gasteiger partial charge in [0.05, 0.1) is 4.88 Å². The highest BCUT2D eigenvalue weighted by Gasteiger charge is 2.09. The fourth-order valence-corrected chi connectivity index (χ4v) is 2.68. The number of benzene rings is 1. The highest BCUT2D eigenvalue weighted by Crippen LogP contribution is 2.26. The lowest BCUT2D eigenvalue weighted by Crippen LogP contribution is -1.89. The maximum atomic E-state index is 10.9. The summed E-state index contributed by atoms with van der Waals surface area (Å²) in [5.41, 5.74) is 1.86. The second kappa shape index (κ2) is 5.76. The van der Waals surface area contributed by atoms with Crippen LogP contribution in [-0.2, 0) is 0 Å². The monoisotopic (exact) mass is 296 g/mol. The van der Waals surface area contributed by atoms with Gasteiger partial charge in [-0.2, -0.15) is 5.10 Å². The van der Waals surface area contributed by atoms with Crippen LogP contribution < -0.4 is 0 Å². The van der Waals surface area contributed by atoms with E-state index in [1.807, 2.05) is 54.9 Å². The van der Waals surface area contributed by atoms with Crippen molar-refractivity contribution in [1.29, 1.82) is 0 Å². The minimum Gasteiger partial charge on any atom is -0.477 e. The summed E-state index contributed by atoms with van der Waals surface area (Å²) in [5.74, 6) is -0.908. The van der Waals surface area contributed by atoms with Gasteiger partial charge in [-0.15, -0.1) is 11.3 Å². The number of nitrogens with zero attached hydrogens (tertiary/aromatic N) is 2. The zero-order chi connectivity index (χ0) is 14.7. The van der Waals surface area contributed by atoms with Crippen molar-refractivity contribution in [1.82, 2.24) is 9.78 Å². The van der Waals surface area contributed by atoms with Gasteiger partial charge in [0.25, 0.3) is 0 Å². The molecule has 1 aromatic carbocycles. The predicted molar refractivity (Wildman–Crippen MR) is 84.2 cm³/mol. The molecule has 0 atom stereocenters. The summed E-state index contributed by atoms with van der Waals surface area (Å²) in [7, 11) is 0. The van der Waals surface area contributed by atoms with Crippen molar-refractivity contribution in [2.24, 2.45) is 0 Å². The second-order valence-electron chi connectivity index (χ2n) is 4.38. The molecule has 0 radical (unpaired) electrons. The lowest BCUT2D eigenvalue weighted by atomic mass is 10.2. The molecular formula is C16H12N2O2S. The van der Waals surface area contributed by atoms with Crippen molar-refractivity contribution < 1.29 is 9.90 Å². The number of carbonyl (C=O) groups is 1. The molecule has 0 saturated heterocycles. The molecule has 4 nitrogen and oxygen atoms in total. The Balaban J connectivity index is 1.80. The van der Waals surface area contributed by atoms with E-state index in [0.717, 1.165) is 16.1 Å². The van der Waals surface area contributed by atoms with E-state index in [9.17, 15) is 4.79 Å². The zero-order valence-electron chi connectivity index (χ0n) is 11.0. The van der Waals surface area contributed by atoms with Gasteiger partial charge >= 0.3 is 5.97 Å². The Bertz CT molecular complexity index is 787. The molecule has 0 bridgehead atoms. The maximum absolute atomic E-state index is 10.9. The highest BCUT2D eigenvalue weighted by molar-refractivity contribution is 7.17. The lowest BCUT2D eigenvalue weighted by molar-refractivity contribution is 0.0702. The first-order valence-corrected chi connectivity index (χ1v) is 7.16. The van der Waals surface area contributed by atoms with E-state index in [0.29, 0.717) is 4.88 Å². The molecule has 3 aromatic rings. The Morgan fingerprint density at radius 3 is 2.67 bits per heavy atom. The number of aromatic carboxylic acids is 1. The molecule has 0 saturated carbocycles. The third kappa shape index (κ3) is 3.09. The van der Waals surface area contributed by atoms with Crippen LogP contribution in [0.2, 0.25) is 0 Å².